The molecule has 1 aromatic heterocycles. The highest BCUT2D eigenvalue weighted by molar-refractivity contribution is 7.07. The predicted octanol–water partition coefficient (Wildman–Crippen LogP) is 3.92. The van der Waals surface area contributed by atoms with E-state index in [1.165, 1.54) is 17.7 Å². The minimum absolute atomic E-state index is 0.0613. The van der Waals surface area contributed by atoms with Gasteiger partial charge in [0, 0.05) is 12.1 Å². The second-order valence-corrected chi connectivity index (χ2v) is 5.04. The molecular weight excluding hydrogens is 252 g/mol. The molecule has 0 aliphatic carbocycles. The fraction of sp³-hybridized carbons (Fsp3) is 0.286. The first-order valence-corrected chi connectivity index (χ1v) is 6.80. The molecule has 0 radical (unpaired) electrons. The van der Waals surface area contributed by atoms with Crippen LogP contribution in [-0.4, -0.2) is 6.54 Å². The van der Waals surface area contributed by atoms with E-state index in [0.717, 1.165) is 19.0 Å². The Morgan fingerprint density at radius 3 is 2.56 bits per heavy atom. The summed E-state index contributed by atoms with van der Waals surface area (Å²) in [5.41, 5.74) is 1.92. The van der Waals surface area contributed by atoms with Crippen molar-refractivity contribution in [1.82, 2.24) is 5.32 Å². The van der Waals surface area contributed by atoms with Crippen molar-refractivity contribution in [3.63, 3.8) is 0 Å². The van der Waals surface area contributed by atoms with Gasteiger partial charge in [0.15, 0.2) is 0 Å². The van der Waals surface area contributed by atoms with Gasteiger partial charge < -0.3 is 5.32 Å². The summed E-state index contributed by atoms with van der Waals surface area (Å²) < 4.78 is 26.1. The van der Waals surface area contributed by atoms with Crippen LogP contribution >= 0.6 is 11.3 Å². The molecule has 0 saturated heterocycles. The molecule has 1 nitrogen and oxygen atoms in total. The summed E-state index contributed by atoms with van der Waals surface area (Å²) in [7, 11) is 0. The molecule has 0 aliphatic heterocycles. The molecule has 96 valence electrons. The Morgan fingerprint density at radius 1 is 1.22 bits per heavy atom. The first kappa shape index (κ1) is 13.2. The molecule has 1 atom stereocenters. The molecule has 4 heteroatoms. The Labute approximate surface area is 109 Å². The van der Waals surface area contributed by atoms with Gasteiger partial charge in [-0.05, 0) is 60.0 Å². The minimum atomic E-state index is -0.531. The Balaban J connectivity index is 1.89. The summed E-state index contributed by atoms with van der Waals surface area (Å²) in [6.45, 7) is 2.69. The van der Waals surface area contributed by atoms with Crippen LogP contribution in [-0.2, 0) is 6.42 Å². The van der Waals surface area contributed by atoms with Gasteiger partial charge in [0.2, 0.25) is 0 Å². The van der Waals surface area contributed by atoms with Gasteiger partial charge in [-0.15, -0.1) is 0 Å². The Hall–Kier alpha value is -1.26. The van der Waals surface area contributed by atoms with Crippen LogP contribution < -0.4 is 5.32 Å². The molecule has 1 unspecified atom stereocenters. The highest BCUT2D eigenvalue weighted by atomic mass is 32.1. The molecule has 0 fully saturated rings. The second kappa shape index (κ2) is 6.07. The van der Waals surface area contributed by atoms with Crippen LogP contribution in [0.1, 0.15) is 24.1 Å². The molecule has 0 spiro atoms. The molecular formula is C14H15F2NS. The van der Waals surface area contributed by atoms with E-state index in [0.29, 0.717) is 5.56 Å². The maximum Gasteiger partial charge on any atom is 0.126 e. The monoisotopic (exact) mass is 267 g/mol. The van der Waals surface area contributed by atoms with Gasteiger partial charge in [0.1, 0.15) is 11.6 Å². The first-order valence-electron chi connectivity index (χ1n) is 5.85. The third-order valence-electron chi connectivity index (χ3n) is 2.83. The number of benzene rings is 1. The van der Waals surface area contributed by atoms with E-state index in [1.807, 2.05) is 12.3 Å². The second-order valence-electron chi connectivity index (χ2n) is 4.26. The summed E-state index contributed by atoms with van der Waals surface area (Å²) >= 11 is 1.67. The third-order valence-corrected chi connectivity index (χ3v) is 3.56. The number of thiophene rings is 1. The quantitative estimate of drug-likeness (QED) is 0.865. The number of nitrogens with one attached hydrogen (secondary N) is 1. The number of hydrogen-bond acceptors (Lipinski definition) is 2. The van der Waals surface area contributed by atoms with Crippen LogP contribution in [0.25, 0.3) is 0 Å². The molecule has 1 aromatic carbocycles. The topological polar surface area (TPSA) is 12.0 Å². The van der Waals surface area contributed by atoms with Crippen LogP contribution in [0.5, 0.6) is 0 Å². The summed E-state index contributed by atoms with van der Waals surface area (Å²) in [5, 5.41) is 7.41. The molecule has 18 heavy (non-hydrogen) atoms. The Bertz CT molecular complexity index is 476. The average Bonchev–Trinajstić information content (AvgIpc) is 2.80. The predicted molar refractivity (Wildman–Crippen MR) is 70.8 cm³/mol. The first-order chi connectivity index (χ1) is 8.65. The fourth-order valence-electron chi connectivity index (χ4n) is 1.81. The molecule has 1 N–H and O–H groups in total. The van der Waals surface area contributed by atoms with Crippen molar-refractivity contribution in [3.05, 3.63) is 57.8 Å². The highest BCUT2D eigenvalue weighted by Gasteiger charge is 2.08. The number of rotatable bonds is 5. The molecule has 0 bridgehead atoms. The standard InChI is InChI=1S/C14H15F2NS/c1-10(12-6-13(15)8-14(16)7-12)17-4-2-11-3-5-18-9-11/h3,5-10,17H,2,4H2,1H3. The lowest BCUT2D eigenvalue weighted by Crippen LogP contribution is -2.21. The molecule has 0 saturated carbocycles. The van der Waals surface area contributed by atoms with E-state index in [1.54, 1.807) is 11.3 Å². The maximum atomic E-state index is 13.1. The van der Waals surface area contributed by atoms with Gasteiger partial charge in [0.05, 0.1) is 0 Å². The van der Waals surface area contributed by atoms with Crippen molar-refractivity contribution < 1.29 is 8.78 Å². The Kier molecular flexibility index (Phi) is 4.44. The van der Waals surface area contributed by atoms with Crippen LogP contribution in [0.4, 0.5) is 8.78 Å². The van der Waals surface area contributed by atoms with Crippen molar-refractivity contribution >= 4 is 11.3 Å². The van der Waals surface area contributed by atoms with Crippen molar-refractivity contribution in [3.8, 4) is 0 Å². The largest absolute Gasteiger partial charge is 0.310 e. The lowest BCUT2D eigenvalue weighted by Gasteiger charge is -2.14. The van der Waals surface area contributed by atoms with E-state index in [-0.39, 0.29) is 6.04 Å². The molecule has 0 aliphatic rings. The molecule has 2 rings (SSSR count). The van der Waals surface area contributed by atoms with E-state index in [9.17, 15) is 8.78 Å². The summed E-state index contributed by atoms with van der Waals surface area (Å²) in [4.78, 5) is 0. The lowest BCUT2D eigenvalue weighted by atomic mass is 10.1. The Morgan fingerprint density at radius 2 is 1.94 bits per heavy atom. The van der Waals surface area contributed by atoms with Crippen molar-refractivity contribution in [2.45, 2.75) is 19.4 Å². The third kappa shape index (κ3) is 3.62. The molecule has 2 aromatic rings. The van der Waals surface area contributed by atoms with Gasteiger partial charge in [0.25, 0.3) is 0 Å². The maximum absolute atomic E-state index is 13.1. The van der Waals surface area contributed by atoms with Gasteiger partial charge in [-0.3, -0.25) is 0 Å². The molecule has 1 heterocycles. The number of hydrogen-bond donors (Lipinski definition) is 1. The zero-order valence-corrected chi connectivity index (χ0v) is 10.9. The van der Waals surface area contributed by atoms with Crippen LogP contribution in [0.15, 0.2) is 35.0 Å². The molecule has 0 amide bonds. The van der Waals surface area contributed by atoms with Crippen molar-refractivity contribution in [2.75, 3.05) is 6.54 Å². The highest BCUT2D eigenvalue weighted by Crippen LogP contribution is 2.16. The summed E-state index contributed by atoms with van der Waals surface area (Å²) in [5.74, 6) is -1.06. The SMILES string of the molecule is CC(NCCc1ccsc1)c1cc(F)cc(F)c1. The van der Waals surface area contributed by atoms with Crippen LogP contribution in [0.3, 0.4) is 0 Å². The van der Waals surface area contributed by atoms with Gasteiger partial charge in [-0.1, -0.05) is 0 Å². The van der Waals surface area contributed by atoms with E-state index < -0.39 is 11.6 Å². The van der Waals surface area contributed by atoms with Gasteiger partial charge in [-0.25, -0.2) is 8.78 Å². The minimum Gasteiger partial charge on any atom is -0.310 e. The zero-order chi connectivity index (χ0) is 13.0. The normalized spacial score (nSPS) is 12.6. The summed E-state index contributed by atoms with van der Waals surface area (Å²) in [6.07, 6.45) is 0.922. The zero-order valence-electron chi connectivity index (χ0n) is 10.1. The fourth-order valence-corrected chi connectivity index (χ4v) is 2.51. The van der Waals surface area contributed by atoms with Crippen molar-refractivity contribution in [1.29, 1.82) is 0 Å². The average molecular weight is 267 g/mol. The van der Waals surface area contributed by atoms with Crippen LogP contribution in [0.2, 0.25) is 0 Å². The number of halogens is 2. The van der Waals surface area contributed by atoms with E-state index >= 15 is 0 Å². The van der Waals surface area contributed by atoms with Gasteiger partial charge in [-0.2, -0.15) is 11.3 Å². The summed E-state index contributed by atoms with van der Waals surface area (Å²) in [6, 6.07) is 5.64. The van der Waals surface area contributed by atoms with Crippen LogP contribution in [0, 0.1) is 11.6 Å². The van der Waals surface area contributed by atoms with Gasteiger partial charge >= 0.3 is 0 Å². The lowest BCUT2D eigenvalue weighted by molar-refractivity contribution is 0.547. The van der Waals surface area contributed by atoms with Crippen molar-refractivity contribution in [2.24, 2.45) is 0 Å². The van der Waals surface area contributed by atoms with E-state index in [2.05, 4.69) is 16.8 Å². The van der Waals surface area contributed by atoms with E-state index in [4.69, 9.17) is 0 Å². The smallest absolute Gasteiger partial charge is 0.126 e.